The molecule has 0 radical (unpaired) electrons. The summed E-state index contributed by atoms with van der Waals surface area (Å²) in [6.45, 7) is 5.44. The number of halogens is 2. The lowest BCUT2D eigenvalue weighted by molar-refractivity contribution is -0.129. The maximum Gasteiger partial charge on any atom is 0.261 e. The largest absolute Gasteiger partial charge is 0.477 e. The van der Waals surface area contributed by atoms with Gasteiger partial charge in [0.1, 0.15) is 5.82 Å². The van der Waals surface area contributed by atoms with Gasteiger partial charge in [0, 0.05) is 54.1 Å². The molecule has 1 aromatic heterocycles. The van der Waals surface area contributed by atoms with Crippen molar-refractivity contribution in [2.75, 3.05) is 24.6 Å². The second-order valence-electron chi connectivity index (χ2n) is 7.55. The third-order valence-electron chi connectivity index (χ3n) is 4.91. The van der Waals surface area contributed by atoms with Crippen LogP contribution in [0.4, 0.5) is 9.52 Å². The fourth-order valence-electron chi connectivity index (χ4n) is 3.18. The van der Waals surface area contributed by atoms with E-state index in [-0.39, 0.29) is 30.7 Å². The predicted molar refractivity (Wildman–Crippen MR) is 118 cm³/mol. The summed E-state index contributed by atoms with van der Waals surface area (Å²) in [5, 5.41) is 13.2. The Morgan fingerprint density at radius 3 is 2.77 bits per heavy atom. The quantitative estimate of drug-likeness (QED) is 0.576. The number of ether oxygens (including phenoxy) is 1. The molecule has 1 aromatic carbocycles. The van der Waals surface area contributed by atoms with Crippen molar-refractivity contribution >= 4 is 38.5 Å². The topological polar surface area (TPSA) is 87.6 Å². The third kappa shape index (κ3) is 5.89. The Hall–Kier alpha value is -1.78. The number of rotatable bonds is 8. The molecule has 0 bridgehead atoms. The minimum atomic E-state index is -0.958. The van der Waals surface area contributed by atoms with Gasteiger partial charge in [-0.25, -0.2) is 9.37 Å². The van der Waals surface area contributed by atoms with E-state index in [0.29, 0.717) is 10.4 Å². The molecule has 1 fully saturated rings. The molecule has 1 amide bonds. The smallest absolute Gasteiger partial charge is 0.261 e. The predicted octanol–water partition coefficient (Wildman–Crippen LogP) is 3.48. The second-order valence-corrected chi connectivity index (χ2v) is 9.20. The first-order valence-electron chi connectivity index (χ1n) is 9.99. The molecule has 164 valence electrons. The lowest BCUT2D eigenvalue weighted by atomic mass is 10.0. The number of anilines is 1. The molecule has 2 aromatic rings. The number of piperidine rings is 1. The van der Waals surface area contributed by atoms with Crippen molar-refractivity contribution in [1.82, 2.24) is 14.7 Å². The lowest BCUT2D eigenvalue weighted by Crippen LogP contribution is -2.49. The van der Waals surface area contributed by atoms with Crippen LogP contribution in [0.15, 0.2) is 22.7 Å². The summed E-state index contributed by atoms with van der Waals surface area (Å²) in [5.41, 5.74) is 0. The van der Waals surface area contributed by atoms with E-state index in [2.05, 4.69) is 49.4 Å². The van der Waals surface area contributed by atoms with Crippen molar-refractivity contribution in [1.29, 1.82) is 0 Å². The number of carbonyl (C=O) groups is 1. The van der Waals surface area contributed by atoms with E-state index in [1.165, 1.54) is 23.7 Å². The highest BCUT2D eigenvalue weighted by Gasteiger charge is 2.27. The van der Waals surface area contributed by atoms with Crippen molar-refractivity contribution in [3.05, 3.63) is 34.3 Å². The van der Waals surface area contributed by atoms with E-state index in [1.54, 1.807) is 6.07 Å². The van der Waals surface area contributed by atoms with E-state index in [0.717, 1.165) is 36.9 Å². The Morgan fingerprint density at radius 2 is 2.17 bits per heavy atom. The molecule has 1 saturated heterocycles. The molecule has 1 aliphatic rings. The van der Waals surface area contributed by atoms with Gasteiger partial charge in [0.05, 0.1) is 0 Å². The van der Waals surface area contributed by atoms with E-state index in [4.69, 9.17) is 4.74 Å². The first-order chi connectivity index (χ1) is 14.4. The van der Waals surface area contributed by atoms with Crippen molar-refractivity contribution in [2.24, 2.45) is 0 Å². The molecule has 3 rings (SSSR count). The molecule has 2 N–H and O–H groups in total. The van der Waals surface area contributed by atoms with Gasteiger partial charge in [-0.15, -0.1) is 0 Å². The molecular weight excluding hydrogens is 475 g/mol. The molecule has 0 spiro atoms. The molecule has 2 heterocycles. The normalized spacial score (nSPS) is 16.0. The van der Waals surface area contributed by atoms with Crippen molar-refractivity contribution in [3.63, 3.8) is 0 Å². The number of benzene rings is 1. The summed E-state index contributed by atoms with van der Waals surface area (Å²) in [6.07, 6.45) is 0.658. The van der Waals surface area contributed by atoms with E-state index < -0.39 is 11.9 Å². The summed E-state index contributed by atoms with van der Waals surface area (Å²) < 4.78 is 24.6. The van der Waals surface area contributed by atoms with Crippen LogP contribution < -0.4 is 15.0 Å². The SMILES string of the molecule is CC(C)c1nsc(N2CCC(NC(=O)C(CCO)Oc3ccc(Br)cc3F)CC2)n1. The van der Waals surface area contributed by atoms with Gasteiger partial charge in [0.2, 0.25) is 5.13 Å². The third-order valence-corrected chi connectivity index (χ3v) is 6.19. The number of hydrogen-bond donors (Lipinski definition) is 2. The van der Waals surface area contributed by atoms with Gasteiger partial charge in [-0.1, -0.05) is 29.8 Å². The molecule has 1 aliphatic heterocycles. The second kappa shape index (κ2) is 10.5. The van der Waals surface area contributed by atoms with Crippen LogP contribution in [0.25, 0.3) is 0 Å². The number of nitrogens with zero attached hydrogens (tertiary/aromatic N) is 3. The minimum absolute atomic E-state index is 0.00852. The van der Waals surface area contributed by atoms with Crippen molar-refractivity contribution < 1.29 is 19.0 Å². The molecule has 10 heteroatoms. The number of aliphatic hydroxyl groups excluding tert-OH is 1. The van der Waals surface area contributed by atoms with Crippen LogP contribution in [0, 0.1) is 5.82 Å². The molecule has 1 atom stereocenters. The maximum atomic E-state index is 14.1. The highest BCUT2D eigenvalue weighted by Crippen LogP contribution is 2.25. The zero-order chi connectivity index (χ0) is 21.7. The Labute approximate surface area is 187 Å². The van der Waals surface area contributed by atoms with Crippen molar-refractivity contribution in [3.8, 4) is 5.75 Å². The highest BCUT2D eigenvalue weighted by molar-refractivity contribution is 9.10. The molecule has 7 nitrogen and oxygen atoms in total. The van der Waals surface area contributed by atoms with Crippen LogP contribution in [0.3, 0.4) is 0 Å². The summed E-state index contributed by atoms with van der Waals surface area (Å²) in [5.74, 6) is 0.230. The fourth-order valence-corrected chi connectivity index (χ4v) is 4.38. The van der Waals surface area contributed by atoms with Crippen LogP contribution in [-0.4, -0.2) is 52.2 Å². The number of aromatic nitrogens is 2. The summed E-state index contributed by atoms with van der Waals surface area (Å²) in [6, 6.07) is 4.37. The Kier molecular flexibility index (Phi) is 8.01. The van der Waals surface area contributed by atoms with Gasteiger partial charge in [0.15, 0.2) is 17.7 Å². The fraction of sp³-hybridized carbons (Fsp3) is 0.550. The van der Waals surface area contributed by atoms with Crippen molar-refractivity contribution in [2.45, 2.75) is 51.2 Å². The zero-order valence-corrected chi connectivity index (χ0v) is 19.4. The van der Waals surface area contributed by atoms with Crippen LogP contribution in [0.5, 0.6) is 5.75 Å². The zero-order valence-electron chi connectivity index (χ0n) is 17.0. The minimum Gasteiger partial charge on any atom is -0.477 e. The van der Waals surface area contributed by atoms with Gasteiger partial charge in [0.25, 0.3) is 5.91 Å². The van der Waals surface area contributed by atoms with E-state index >= 15 is 0 Å². The highest BCUT2D eigenvalue weighted by atomic mass is 79.9. The van der Waals surface area contributed by atoms with E-state index in [1.807, 2.05) is 0 Å². The van der Waals surface area contributed by atoms with Crippen LogP contribution in [-0.2, 0) is 4.79 Å². The molecule has 0 aliphatic carbocycles. The average molecular weight is 501 g/mol. The number of nitrogens with one attached hydrogen (secondary N) is 1. The average Bonchev–Trinajstić information content (AvgIpc) is 3.20. The number of aliphatic hydroxyl groups is 1. The first kappa shape index (κ1) is 22.9. The molecule has 30 heavy (non-hydrogen) atoms. The molecule has 0 saturated carbocycles. The Balaban J connectivity index is 1.54. The number of carbonyl (C=O) groups excluding carboxylic acids is 1. The first-order valence-corrected chi connectivity index (χ1v) is 11.6. The van der Waals surface area contributed by atoms with Crippen LogP contribution in [0.1, 0.15) is 44.9 Å². The monoisotopic (exact) mass is 500 g/mol. The standard InChI is InChI=1S/C20H26BrFN4O3S/c1-12(2)18-24-20(30-25-18)26-8-5-14(6-9-26)23-19(28)17(7-10-27)29-16-4-3-13(21)11-15(16)22/h3-4,11-12,14,17,27H,5-10H2,1-2H3,(H,23,28). The number of amides is 1. The lowest BCUT2D eigenvalue weighted by Gasteiger charge is -2.32. The van der Waals surface area contributed by atoms with Gasteiger partial charge in [-0.2, -0.15) is 4.37 Å². The summed E-state index contributed by atoms with van der Waals surface area (Å²) in [4.78, 5) is 19.5. The van der Waals surface area contributed by atoms with E-state index in [9.17, 15) is 14.3 Å². The van der Waals surface area contributed by atoms with Gasteiger partial charge < -0.3 is 20.1 Å². The van der Waals surface area contributed by atoms with Gasteiger partial charge in [-0.3, -0.25) is 4.79 Å². The van der Waals surface area contributed by atoms with Crippen LogP contribution >= 0.6 is 27.5 Å². The van der Waals surface area contributed by atoms with Crippen LogP contribution in [0.2, 0.25) is 0 Å². The summed E-state index contributed by atoms with van der Waals surface area (Å²) in [7, 11) is 0. The molecular formula is C20H26BrFN4O3S. The van der Waals surface area contributed by atoms with Gasteiger partial charge in [-0.05, 0) is 31.0 Å². The maximum absolute atomic E-state index is 14.1. The van der Waals surface area contributed by atoms with Gasteiger partial charge >= 0.3 is 0 Å². The Bertz CT molecular complexity index is 858. The Morgan fingerprint density at radius 1 is 1.43 bits per heavy atom. The number of hydrogen-bond acceptors (Lipinski definition) is 7. The molecule has 1 unspecified atom stereocenters. The summed E-state index contributed by atoms with van der Waals surface area (Å²) >= 11 is 4.60.